The normalized spacial score (nSPS) is 10.6. The molecule has 2 aromatic carbocycles. The highest BCUT2D eigenvalue weighted by atomic mass is 79.9. The van der Waals surface area contributed by atoms with Gasteiger partial charge in [0.05, 0.1) is 30.5 Å². The molecule has 0 aromatic heterocycles. The van der Waals surface area contributed by atoms with Gasteiger partial charge >= 0.3 is 0 Å². The van der Waals surface area contributed by atoms with Crippen molar-refractivity contribution in [3.05, 3.63) is 56.5 Å². The molecule has 0 bridgehead atoms. The molecule has 2 amide bonds. The van der Waals surface area contributed by atoms with Crippen molar-refractivity contribution in [3.8, 4) is 11.5 Å². The van der Waals surface area contributed by atoms with Crippen LogP contribution in [0.25, 0.3) is 0 Å². The first-order valence-electron chi connectivity index (χ1n) is 8.72. The Morgan fingerprint density at radius 1 is 1.10 bits per heavy atom. The van der Waals surface area contributed by atoms with E-state index in [1.165, 1.54) is 6.21 Å². The van der Waals surface area contributed by atoms with Crippen LogP contribution in [0.3, 0.4) is 0 Å². The summed E-state index contributed by atoms with van der Waals surface area (Å²) in [5.74, 6) is 0.708. The molecule has 0 aliphatic rings. The van der Waals surface area contributed by atoms with Gasteiger partial charge in [0.25, 0.3) is 5.91 Å². The monoisotopic (exact) mass is 525 g/mol. The van der Waals surface area contributed by atoms with E-state index >= 15 is 0 Å². The standard InChI is InChI=1S/C20H21Br2N3O4/c1-28-17-11-13(10-16(22)19(17)29-2)12-24-25-18(26)8-5-9-23-20(27)14-6-3-4-7-15(14)21/h3-4,6-7,10-12H,5,8-9H2,1-2H3,(H,23,27)(H,25,26). The molecule has 9 heteroatoms. The van der Waals surface area contributed by atoms with Gasteiger partial charge in [-0.25, -0.2) is 5.43 Å². The Bertz CT molecular complexity index is 903. The van der Waals surface area contributed by atoms with Gasteiger partial charge in [0.15, 0.2) is 11.5 Å². The molecule has 2 N–H and O–H groups in total. The molecule has 7 nitrogen and oxygen atoms in total. The number of rotatable bonds is 9. The number of amides is 2. The molecule has 0 radical (unpaired) electrons. The highest BCUT2D eigenvalue weighted by Gasteiger charge is 2.10. The lowest BCUT2D eigenvalue weighted by Crippen LogP contribution is -2.26. The smallest absolute Gasteiger partial charge is 0.252 e. The number of ether oxygens (including phenoxy) is 2. The third-order valence-electron chi connectivity index (χ3n) is 3.84. The number of halogens is 2. The number of hydrazone groups is 1. The van der Waals surface area contributed by atoms with Crippen LogP contribution in [0.2, 0.25) is 0 Å². The molecule has 29 heavy (non-hydrogen) atoms. The van der Waals surface area contributed by atoms with Crippen molar-refractivity contribution < 1.29 is 19.1 Å². The van der Waals surface area contributed by atoms with Gasteiger partial charge in [0.2, 0.25) is 5.91 Å². The van der Waals surface area contributed by atoms with E-state index in [9.17, 15) is 9.59 Å². The summed E-state index contributed by atoms with van der Waals surface area (Å²) >= 11 is 6.74. The lowest BCUT2D eigenvalue weighted by Gasteiger charge is -2.10. The Kier molecular flexibility index (Phi) is 9.14. The first kappa shape index (κ1) is 22.9. The third-order valence-corrected chi connectivity index (χ3v) is 5.12. The Morgan fingerprint density at radius 2 is 1.86 bits per heavy atom. The van der Waals surface area contributed by atoms with E-state index in [4.69, 9.17) is 9.47 Å². The minimum atomic E-state index is -0.240. The quantitative estimate of drug-likeness (QED) is 0.295. The summed E-state index contributed by atoms with van der Waals surface area (Å²) in [7, 11) is 3.10. The zero-order valence-electron chi connectivity index (χ0n) is 16.0. The van der Waals surface area contributed by atoms with Gasteiger partial charge in [-0.3, -0.25) is 9.59 Å². The minimum absolute atomic E-state index is 0.185. The molecule has 0 aliphatic heterocycles. The van der Waals surface area contributed by atoms with Crippen molar-refractivity contribution in [2.24, 2.45) is 5.10 Å². The van der Waals surface area contributed by atoms with Gasteiger partial charge in [-0.1, -0.05) is 12.1 Å². The Morgan fingerprint density at radius 3 is 2.55 bits per heavy atom. The fourth-order valence-electron chi connectivity index (χ4n) is 2.44. The van der Waals surface area contributed by atoms with Crippen LogP contribution in [0.15, 0.2) is 50.4 Å². The molecule has 0 heterocycles. The van der Waals surface area contributed by atoms with E-state index in [0.29, 0.717) is 34.5 Å². The number of nitrogens with one attached hydrogen (secondary N) is 2. The van der Waals surface area contributed by atoms with E-state index in [1.54, 1.807) is 44.6 Å². The van der Waals surface area contributed by atoms with Crippen molar-refractivity contribution >= 4 is 49.9 Å². The predicted molar refractivity (Wildman–Crippen MR) is 119 cm³/mol. The fraction of sp³-hybridized carbons (Fsp3) is 0.250. The summed E-state index contributed by atoms with van der Waals surface area (Å²) in [5.41, 5.74) is 3.76. The second-order valence-electron chi connectivity index (χ2n) is 5.87. The number of carbonyl (C=O) groups is 2. The molecule has 0 aliphatic carbocycles. The number of nitrogens with zero attached hydrogens (tertiary/aromatic N) is 1. The first-order chi connectivity index (χ1) is 14.0. The van der Waals surface area contributed by atoms with Gasteiger partial charge in [-0.15, -0.1) is 0 Å². The highest BCUT2D eigenvalue weighted by Crippen LogP contribution is 2.35. The summed E-state index contributed by atoms with van der Waals surface area (Å²) in [5, 5.41) is 6.74. The van der Waals surface area contributed by atoms with Crippen molar-refractivity contribution in [1.29, 1.82) is 0 Å². The van der Waals surface area contributed by atoms with Crippen LogP contribution in [0, 0.1) is 0 Å². The van der Waals surface area contributed by atoms with Crippen LogP contribution in [0.4, 0.5) is 0 Å². The Labute approximate surface area is 186 Å². The maximum absolute atomic E-state index is 12.1. The van der Waals surface area contributed by atoms with Crippen LogP contribution >= 0.6 is 31.9 Å². The summed E-state index contributed by atoms with van der Waals surface area (Å²) in [6, 6.07) is 10.7. The highest BCUT2D eigenvalue weighted by molar-refractivity contribution is 9.10. The Balaban J connectivity index is 1.77. The van der Waals surface area contributed by atoms with Crippen molar-refractivity contribution in [3.63, 3.8) is 0 Å². The molecule has 0 saturated heterocycles. The number of benzene rings is 2. The maximum atomic E-state index is 12.1. The number of hydrogen-bond donors (Lipinski definition) is 2. The molecule has 154 valence electrons. The lowest BCUT2D eigenvalue weighted by atomic mass is 10.2. The summed E-state index contributed by atoms with van der Waals surface area (Å²) in [4.78, 5) is 24.0. The second kappa shape index (κ2) is 11.6. The van der Waals surface area contributed by atoms with E-state index < -0.39 is 0 Å². The van der Waals surface area contributed by atoms with Crippen LogP contribution in [0.1, 0.15) is 28.8 Å². The summed E-state index contributed by atoms with van der Waals surface area (Å²) < 4.78 is 12.0. The zero-order chi connectivity index (χ0) is 21.2. The SMILES string of the molecule is COc1cc(C=NNC(=O)CCCNC(=O)c2ccccc2Br)cc(Br)c1OC. The molecule has 0 saturated carbocycles. The van der Waals surface area contributed by atoms with Gasteiger partial charge in [0, 0.05) is 17.4 Å². The molecule has 0 atom stereocenters. The molecule has 0 unspecified atom stereocenters. The van der Waals surface area contributed by atoms with Crippen LogP contribution < -0.4 is 20.2 Å². The van der Waals surface area contributed by atoms with E-state index in [-0.39, 0.29) is 18.2 Å². The van der Waals surface area contributed by atoms with E-state index in [1.807, 2.05) is 6.07 Å². The number of methoxy groups -OCH3 is 2. The average molecular weight is 527 g/mol. The zero-order valence-corrected chi connectivity index (χ0v) is 19.2. The van der Waals surface area contributed by atoms with Gasteiger partial charge in [-0.05, 0) is 68.1 Å². The number of carbonyl (C=O) groups excluding carboxylic acids is 2. The minimum Gasteiger partial charge on any atom is -0.493 e. The van der Waals surface area contributed by atoms with Crippen LogP contribution in [-0.4, -0.2) is 38.8 Å². The summed E-state index contributed by atoms with van der Waals surface area (Å²) in [6.45, 7) is 0.389. The van der Waals surface area contributed by atoms with Crippen molar-refractivity contribution in [2.45, 2.75) is 12.8 Å². The van der Waals surface area contributed by atoms with Gasteiger partial charge < -0.3 is 14.8 Å². The molecule has 0 spiro atoms. The predicted octanol–water partition coefficient (Wildman–Crippen LogP) is 3.89. The maximum Gasteiger partial charge on any atom is 0.252 e. The van der Waals surface area contributed by atoms with Crippen molar-refractivity contribution in [2.75, 3.05) is 20.8 Å². The fourth-order valence-corrected chi connectivity index (χ4v) is 3.52. The molecular weight excluding hydrogens is 506 g/mol. The van der Waals surface area contributed by atoms with Crippen LogP contribution in [-0.2, 0) is 4.79 Å². The summed E-state index contributed by atoms with van der Waals surface area (Å²) in [6.07, 6.45) is 2.25. The average Bonchev–Trinajstić information content (AvgIpc) is 2.71. The number of hydrogen-bond acceptors (Lipinski definition) is 5. The Hall–Kier alpha value is -2.39. The second-order valence-corrected chi connectivity index (χ2v) is 7.58. The molecule has 2 aromatic rings. The first-order valence-corrected chi connectivity index (χ1v) is 10.3. The van der Waals surface area contributed by atoms with E-state index in [2.05, 4.69) is 47.7 Å². The molecular formula is C20H21Br2N3O4. The topological polar surface area (TPSA) is 89.0 Å². The third kappa shape index (κ3) is 6.86. The van der Waals surface area contributed by atoms with Crippen molar-refractivity contribution in [1.82, 2.24) is 10.7 Å². The van der Waals surface area contributed by atoms with Crippen LogP contribution in [0.5, 0.6) is 11.5 Å². The van der Waals surface area contributed by atoms with Gasteiger partial charge in [-0.2, -0.15) is 5.10 Å². The van der Waals surface area contributed by atoms with E-state index in [0.717, 1.165) is 10.0 Å². The molecule has 2 rings (SSSR count). The lowest BCUT2D eigenvalue weighted by molar-refractivity contribution is -0.121. The largest absolute Gasteiger partial charge is 0.493 e. The molecule has 0 fully saturated rings. The van der Waals surface area contributed by atoms with Gasteiger partial charge in [0.1, 0.15) is 0 Å².